The van der Waals surface area contributed by atoms with Crippen LogP contribution in [0.3, 0.4) is 0 Å². The zero-order valence-corrected chi connectivity index (χ0v) is 29.1. The second-order valence-corrected chi connectivity index (χ2v) is 12.8. The second kappa shape index (κ2) is 16.7. The Morgan fingerprint density at radius 3 is 1.57 bits per heavy atom. The van der Waals surface area contributed by atoms with Crippen LogP contribution in [-0.4, -0.2) is 37.2 Å². The number of carboxylic acids is 1. The molecule has 0 aliphatic rings. The van der Waals surface area contributed by atoms with Gasteiger partial charge in [0.1, 0.15) is 11.5 Å². The van der Waals surface area contributed by atoms with Crippen LogP contribution < -0.4 is 4.74 Å². The van der Waals surface area contributed by atoms with Crippen molar-refractivity contribution in [3.05, 3.63) is 127 Å². The Bertz CT molecular complexity index is 1950. The predicted octanol–water partition coefficient (Wildman–Crippen LogP) is 10.7. The van der Waals surface area contributed by atoms with Crippen LogP contribution in [0.4, 0.5) is 0 Å². The van der Waals surface area contributed by atoms with Crippen molar-refractivity contribution in [1.82, 2.24) is 15.0 Å². The highest BCUT2D eigenvalue weighted by Crippen LogP contribution is 2.37. The van der Waals surface area contributed by atoms with Crippen molar-refractivity contribution in [3.8, 4) is 67.9 Å². The average molecular weight is 678 g/mol. The third-order valence-corrected chi connectivity index (χ3v) is 9.01. The van der Waals surface area contributed by atoms with Crippen LogP contribution in [0.15, 0.2) is 121 Å². The molecule has 0 spiro atoms. The minimum absolute atomic E-state index is 0.101. The number of carbonyl (C=O) groups is 1. The molecule has 1 unspecified atom stereocenters. The lowest BCUT2D eigenvalue weighted by Gasteiger charge is -2.17. The molecule has 6 aromatic rings. The van der Waals surface area contributed by atoms with Gasteiger partial charge in [-0.25, -0.2) is 19.7 Å². The van der Waals surface area contributed by atoms with Gasteiger partial charge in [-0.05, 0) is 53.6 Å². The molecule has 5 aromatic carbocycles. The van der Waals surface area contributed by atoms with E-state index in [-0.39, 0.29) is 5.75 Å². The van der Waals surface area contributed by atoms with E-state index in [1.165, 1.54) is 32.3 Å². The van der Waals surface area contributed by atoms with Crippen LogP contribution in [0.2, 0.25) is 0 Å². The predicted molar refractivity (Wildman–Crippen MR) is 203 cm³/mol. The molecule has 51 heavy (non-hydrogen) atoms. The summed E-state index contributed by atoms with van der Waals surface area (Å²) < 4.78 is 5.84. The van der Waals surface area contributed by atoms with Crippen molar-refractivity contribution in [3.63, 3.8) is 0 Å². The third kappa shape index (κ3) is 8.86. The van der Waals surface area contributed by atoms with E-state index in [4.69, 9.17) is 19.7 Å². The van der Waals surface area contributed by atoms with Crippen LogP contribution in [0.1, 0.15) is 57.9 Å². The molecule has 7 heteroatoms. The number of rotatable bonds is 15. The van der Waals surface area contributed by atoms with Crippen LogP contribution >= 0.6 is 0 Å². The molecular weight excluding hydrogens is 635 g/mol. The quantitative estimate of drug-likeness (QED) is 0.104. The molecule has 1 heterocycles. The Kier molecular flexibility index (Phi) is 11.5. The number of aromatic hydroxyl groups is 1. The summed E-state index contributed by atoms with van der Waals surface area (Å²) in [6, 6.07) is 39.9. The summed E-state index contributed by atoms with van der Waals surface area (Å²) >= 11 is 0. The van der Waals surface area contributed by atoms with Gasteiger partial charge in [-0.3, -0.25) is 0 Å². The highest BCUT2D eigenvalue weighted by atomic mass is 16.5. The molecule has 2 N–H and O–H groups in total. The Balaban J connectivity index is 1.41. The van der Waals surface area contributed by atoms with Crippen LogP contribution in [0.25, 0.3) is 56.4 Å². The summed E-state index contributed by atoms with van der Waals surface area (Å²) in [6.07, 6.45) is 6.24. The zero-order valence-electron chi connectivity index (χ0n) is 29.1. The molecule has 1 atom stereocenters. The van der Waals surface area contributed by atoms with E-state index >= 15 is 0 Å². The third-order valence-electron chi connectivity index (χ3n) is 9.01. The number of aromatic nitrogens is 3. The van der Waals surface area contributed by atoms with Crippen molar-refractivity contribution in [2.24, 2.45) is 0 Å². The van der Waals surface area contributed by atoms with Crippen molar-refractivity contribution in [1.29, 1.82) is 0 Å². The summed E-state index contributed by atoms with van der Waals surface area (Å²) in [7, 11) is 0. The van der Waals surface area contributed by atoms with Gasteiger partial charge >= 0.3 is 5.97 Å². The van der Waals surface area contributed by atoms with Gasteiger partial charge in [0, 0.05) is 17.2 Å². The number of aryl methyl sites for hydroxylation is 1. The molecule has 258 valence electrons. The Morgan fingerprint density at radius 2 is 1.06 bits per heavy atom. The molecule has 0 aliphatic heterocycles. The number of ether oxygens (including phenoxy) is 1. The minimum Gasteiger partial charge on any atom is -0.507 e. The first-order valence-corrected chi connectivity index (χ1v) is 17.7. The van der Waals surface area contributed by atoms with Crippen LogP contribution in [0, 0.1) is 0 Å². The topological polar surface area (TPSA) is 105 Å². The van der Waals surface area contributed by atoms with Gasteiger partial charge in [-0.2, -0.15) is 0 Å². The van der Waals surface area contributed by atoms with Crippen molar-refractivity contribution in [2.75, 3.05) is 0 Å². The first-order chi connectivity index (χ1) is 24.9. The van der Waals surface area contributed by atoms with Crippen molar-refractivity contribution < 1.29 is 19.7 Å². The van der Waals surface area contributed by atoms with Gasteiger partial charge in [-0.1, -0.05) is 148 Å². The highest BCUT2D eigenvalue weighted by Gasteiger charge is 2.21. The SMILES string of the molecule is CCCCCCCCc1cc(-c2nc(-c3ccc(-c4ccccc4)cc3)nc(-c3ccc(-c4ccccc4)cc3)n2)c(O)cc1OC(C)C(=O)O. The second-order valence-electron chi connectivity index (χ2n) is 12.8. The first-order valence-electron chi connectivity index (χ1n) is 17.7. The van der Waals surface area contributed by atoms with Crippen molar-refractivity contribution in [2.45, 2.75) is 64.9 Å². The summed E-state index contributed by atoms with van der Waals surface area (Å²) in [5.74, 6) is 0.427. The molecule has 0 amide bonds. The smallest absolute Gasteiger partial charge is 0.344 e. The molecule has 6 rings (SSSR count). The summed E-state index contributed by atoms with van der Waals surface area (Å²) in [6.45, 7) is 3.68. The Morgan fingerprint density at radius 1 is 0.608 bits per heavy atom. The molecule has 1 aromatic heterocycles. The van der Waals surface area contributed by atoms with Crippen LogP contribution in [0.5, 0.6) is 11.5 Å². The van der Waals surface area contributed by atoms with E-state index in [2.05, 4.69) is 31.2 Å². The fourth-order valence-corrected chi connectivity index (χ4v) is 6.07. The zero-order chi connectivity index (χ0) is 35.6. The summed E-state index contributed by atoms with van der Waals surface area (Å²) in [4.78, 5) is 26.4. The monoisotopic (exact) mass is 677 g/mol. The standard InChI is InChI=1S/C44H43N3O4/c1-3-4-5-6-7-10-19-37-28-38(39(48)29-40(37)51-30(2)44(49)50)43-46-41(35-24-20-33(21-25-35)31-15-11-8-12-16-31)45-42(47-43)36-26-22-34(23-27-36)32-17-13-9-14-18-32/h8-9,11-18,20-30,48H,3-7,10,19H2,1-2H3,(H,49,50). The van der Waals surface area contributed by atoms with Gasteiger partial charge in [-0.15, -0.1) is 0 Å². The van der Waals surface area contributed by atoms with E-state index in [1.807, 2.05) is 91.0 Å². The van der Waals surface area contributed by atoms with Gasteiger partial charge in [0.2, 0.25) is 0 Å². The first kappa shape index (κ1) is 35.0. The van der Waals surface area contributed by atoms with E-state index in [1.54, 1.807) is 0 Å². The number of unbranched alkanes of at least 4 members (excludes halogenated alkanes) is 5. The number of aliphatic carboxylic acids is 1. The molecule has 0 saturated carbocycles. The molecule has 0 bridgehead atoms. The molecule has 0 saturated heterocycles. The maximum absolute atomic E-state index is 11.7. The summed E-state index contributed by atoms with van der Waals surface area (Å²) in [5.41, 5.74) is 7.23. The van der Waals surface area contributed by atoms with Gasteiger partial charge in [0.25, 0.3) is 0 Å². The number of phenols is 1. The fourth-order valence-electron chi connectivity index (χ4n) is 6.07. The maximum Gasteiger partial charge on any atom is 0.344 e. The van der Waals surface area contributed by atoms with Crippen LogP contribution in [-0.2, 0) is 11.2 Å². The lowest BCUT2D eigenvalue weighted by molar-refractivity contribution is -0.144. The molecule has 7 nitrogen and oxygen atoms in total. The molecule has 0 aliphatic carbocycles. The van der Waals surface area contributed by atoms with Gasteiger partial charge in [0.15, 0.2) is 23.6 Å². The molecule has 0 radical (unpaired) electrons. The summed E-state index contributed by atoms with van der Waals surface area (Å²) in [5, 5.41) is 21.0. The normalized spacial score (nSPS) is 11.6. The van der Waals surface area contributed by atoms with Gasteiger partial charge < -0.3 is 14.9 Å². The highest BCUT2D eigenvalue weighted by molar-refractivity contribution is 5.75. The Hall–Kier alpha value is -5.82. The number of hydrogen-bond donors (Lipinski definition) is 2. The maximum atomic E-state index is 11.7. The number of nitrogens with zero attached hydrogens (tertiary/aromatic N) is 3. The number of benzene rings is 5. The van der Waals surface area contributed by atoms with Gasteiger partial charge in [0.05, 0.1) is 5.56 Å². The van der Waals surface area contributed by atoms with E-state index < -0.39 is 12.1 Å². The minimum atomic E-state index is -1.08. The molecule has 0 fully saturated rings. The number of phenolic OH excluding ortho intramolecular Hbond substituents is 1. The number of hydrogen-bond acceptors (Lipinski definition) is 6. The average Bonchev–Trinajstić information content (AvgIpc) is 3.17. The van der Waals surface area contributed by atoms with E-state index in [0.717, 1.165) is 58.2 Å². The lowest BCUT2D eigenvalue weighted by atomic mass is 10.0. The Labute approximate surface area is 299 Å². The van der Waals surface area contributed by atoms with E-state index in [9.17, 15) is 15.0 Å². The lowest BCUT2D eigenvalue weighted by Crippen LogP contribution is -2.23. The number of carboxylic acid groups (broad SMARTS) is 1. The van der Waals surface area contributed by atoms with Crippen molar-refractivity contribution >= 4 is 5.97 Å². The molecular formula is C44H43N3O4. The van der Waals surface area contributed by atoms with E-state index in [0.29, 0.717) is 35.2 Å². The fraction of sp³-hybridized carbons (Fsp3) is 0.227. The largest absolute Gasteiger partial charge is 0.507 e.